The van der Waals surface area contributed by atoms with Crippen molar-refractivity contribution in [1.29, 1.82) is 0 Å². The van der Waals surface area contributed by atoms with Crippen LogP contribution in [0.25, 0.3) is 0 Å². The molecule has 0 atom stereocenters. The summed E-state index contributed by atoms with van der Waals surface area (Å²) in [4.78, 5) is 3.58. The normalized spacial score (nSPS) is 18.6. The molecule has 0 spiro atoms. The van der Waals surface area contributed by atoms with Gasteiger partial charge in [0.25, 0.3) is 0 Å². The Morgan fingerprint density at radius 1 is 1.37 bits per heavy atom. The second-order valence-corrected chi connectivity index (χ2v) is 8.06. The zero-order valence-electron chi connectivity index (χ0n) is 10.6. The highest BCUT2D eigenvalue weighted by atomic mass is 35.5. The van der Waals surface area contributed by atoms with Crippen LogP contribution in [0.1, 0.15) is 4.88 Å². The van der Waals surface area contributed by atoms with Gasteiger partial charge in [0.2, 0.25) is 10.0 Å². The molecule has 0 aromatic carbocycles. The van der Waals surface area contributed by atoms with Gasteiger partial charge < -0.3 is 0 Å². The van der Waals surface area contributed by atoms with Crippen LogP contribution in [0.15, 0.2) is 29.1 Å². The quantitative estimate of drug-likeness (QED) is 0.832. The first-order valence-corrected chi connectivity index (χ1v) is 8.90. The van der Waals surface area contributed by atoms with E-state index in [0.29, 0.717) is 13.1 Å². The Morgan fingerprint density at radius 2 is 2.05 bits per heavy atom. The van der Waals surface area contributed by atoms with Crippen molar-refractivity contribution in [2.75, 3.05) is 31.9 Å². The van der Waals surface area contributed by atoms with Gasteiger partial charge in [-0.15, -0.1) is 11.3 Å². The highest BCUT2D eigenvalue weighted by Gasteiger charge is 2.27. The molecule has 1 saturated heterocycles. The Kier molecular flexibility index (Phi) is 5.03. The first-order chi connectivity index (χ1) is 8.97. The van der Waals surface area contributed by atoms with Gasteiger partial charge in [0.1, 0.15) is 0 Å². The lowest BCUT2D eigenvalue weighted by Crippen LogP contribution is -2.48. The summed E-state index contributed by atoms with van der Waals surface area (Å²) >= 11 is 7.32. The molecule has 106 valence electrons. The minimum atomic E-state index is -3.29. The number of nitrogens with zero attached hydrogens (tertiary/aromatic N) is 2. The van der Waals surface area contributed by atoms with Crippen LogP contribution in [0.3, 0.4) is 0 Å². The fraction of sp³-hybridized carbons (Fsp3) is 0.500. The van der Waals surface area contributed by atoms with Crippen LogP contribution in [0.5, 0.6) is 0 Å². The minimum Gasteiger partial charge on any atom is -0.296 e. The van der Waals surface area contributed by atoms with Crippen LogP contribution in [-0.2, 0) is 16.6 Å². The standard InChI is InChI=1S/C12H17ClN2O2S2/c1-11(13)10-19(16,17)15-6-4-14(5-7-15)9-12-3-2-8-18-12/h2-3,8H,1,4-7,9-10H2. The van der Waals surface area contributed by atoms with Crippen LogP contribution in [0.4, 0.5) is 0 Å². The maximum absolute atomic E-state index is 12.0. The Hall–Kier alpha value is -0.400. The third kappa shape index (κ3) is 4.29. The Morgan fingerprint density at radius 3 is 2.58 bits per heavy atom. The van der Waals surface area contributed by atoms with Gasteiger partial charge in [0, 0.05) is 42.6 Å². The fourth-order valence-electron chi connectivity index (χ4n) is 2.08. The molecule has 0 bridgehead atoms. The smallest absolute Gasteiger partial charge is 0.219 e. The van der Waals surface area contributed by atoms with E-state index in [1.165, 1.54) is 9.18 Å². The van der Waals surface area contributed by atoms with Gasteiger partial charge >= 0.3 is 0 Å². The van der Waals surface area contributed by atoms with E-state index in [1.54, 1.807) is 11.3 Å². The summed E-state index contributed by atoms with van der Waals surface area (Å²) < 4.78 is 25.5. The Labute approximate surface area is 123 Å². The zero-order valence-corrected chi connectivity index (χ0v) is 13.0. The lowest BCUT2D eigenvalue weighted by molar-refractivity contribution is 0.183. The molecule has 7 heteroatoms. The van der Waals surface area contributed by atoms with Crippen molar-refractivity contribution in [2.45, 2.75) is 6.54 Å². The number of sulfonamides is 1. The number of halogens is 1. The van der Waals surface area contributed by atoms with E-state index in [2.05, 4.69) is 22.9 Å². The van der Waals surface area contributed by atoms with E-state index in [0.717, 1.165) is 19.6 Å². The van der Waals surface area contributed by atoms with Crippen molar-refractivity contribution in [3.63, 3.8) is 0 Å². The Balaban J connectivity index is 1.87. The largest absolute Gasteiger partial charge is 0.296 e. The number of rotatable bonds is 5. The summed E-state index contributed by atoms with van der Waals surface area (Å²) in [6.07, 6.45) is 0. The van der Waals surface area contributed by atoms with Crippen molar-refractivity contribution < 1.29 is 8.42 Å². The molecule has 1 aromatic rings. The Bertz CT molecular complexity index is 520. The molecule has 0 N–H and O–H groups in total. The van der Waals surface area contributed by atoms with E-state index in [1.807, 2.05) is 6.07 Å². The average molecular weight is 321 g/mol. The third-order valence-corrected chi connectivity index (χ3v) is 6.04. The summed E-state index contributed by atoms with van der Waals surface area (Å²) in [7, 11) is -3.29. The maximum Gasteiger partial charge on any atom is 0.219 e. The summed E-state index contributed by atoms with van der Waals surface area (Å²) in [5, 5.41) is 2.23. The molecule has 0 unspecified atom stereocenters. The molecular formula is C12H17ClN2O2S2. The van der Waals surface area contributed by atoms with E-state index in [-0.39, 0.29) is 10.8 Å². The fourth-order valence-corrected chi connectivity index (χ4v) is 4.54. The molecule has 0 saturated carbocycles. The summed E-state index contributed by atoms with van der Waals surface area (Å²) in [6, 6.07) is 4.14. The SMILES string of the molecule is C=C(Cl)CS(=O)(=O)N1CCN(Cc2cccs2)CC1. The van der Waals surface area contributed by atoms with Crippen molar-refractivity contribution >= 4 is 33.0 Å². The zero-order chi connectivity index (χ0) is 13.9. The predicted octanol–water partition coefficient (Wildman–Crippen LogP) is 1.95. The molecule has 0 amide bonds. The van der Waals surface area contributed by atoms with Crippen LogP contribution < -0.4 is 0 Å². The predicted molar refractivity (Wildman–Crippen MR) is 79.9 cm³/mol. The van der Waals surface area contributed by atoms with Gasteiger partial charge in [-0.1, -0.05) is 24.2 Å². The molecule has 2 rings (SSSR count). The molecular weight excluding hydrogens is 304 g/mol. The summed E-state index contributed by atoms with van der Waals surface area (Å²) in [5.74, 6) is -0.167. The van der Waals surface area contributed by atoms with Crippen molar-refractivity contribution in [2.24, 2.45) is 0 Å². The number of thiophene rings is 1. The molecule has 19 heavy (non-hydrogen) atoms. The van der Waals surface area contributed by atoms with E-state index >= 15 is 0 Å². The van der Waals surface area contributed by atoms with E-state index < -0.39 is 10.0 Å². The summed E-state index contributed by atoms with van der Waals surface area (Å²) in [5.41, 5.74) is 0. The molecule has 2 heterocycles. The van der Waals surface area contributed by atoms with Gasteiger partial charge in [-0.25, -0.2) is 8.42 Å². The average Bonchev–Trinajstić information content (AvgIpc) is 2.81. The maximum atomic E-state index is 12.0. The monoisotopic (exact) mass is 320 g/mol. The number of hydrogen-bond acceptors (Lipinski definition) is 4. The number of piperazine rings is 1. The van der Waals surface area contributed by atoms with Crippen LogP contribution in [0.2, 0.25) is 0 Å². The van der Waals surface area contributed by atoms with Crippen LogP contribution in [-0.4, -0.2) is 49.6 Å². The molecule has 0 aliphatic carbocycles. The topological polar surface area (TPSA) is 40.6 Å². The van der Waals surface area contributed by atoms with Crippen molar-refractivity contribution in [3.8, 4) is 0 Å². The third-order valence-electron chi connectivity index (χ3n) is 3.02. The second-order valence-electron chi connectivity index (χ2n) is 4.53. The molecule has 1 aromatic heterocycles. The molecule has 4 nitrogen and oxygen atoms in total. The number of hydrogen-bond donors (Lipinski definition) is 0. The highest BCUT2D eigenvalue weighted by Crippen LogP contribution is 2.16. The lowest BCUT2D eigenvalue weighted by atomic mass is 10.3. The molecule has 0 radical (unpaired) electrons. The van der Waals surface area contributed by atoms with Crippen LogP contribution >= 0.6 is 22.9 Å². The van der Waals surface area contributed by atoms with Crippen molar-refractivity contribution in [3.05, 3.63) is 34.0 Å². The van der Waals surface area contributed by atoms with E-state index in [4.69, 9.17) is 11.6 Å². The highest BCUT2D eigenvalue weighted by molar-refractivity contribution is 7.89. The molecule has 1 aliphatic rings. The first-order valence-electron chi connectivity index (χ1n) is 6.03. The van der Waals surface area contributed by atoms with Gasteiger partial charge in [-0.05, 0) is 11.4 Å². The summed E-state index contributed by atoms with van der Waals surface area (Å²) in [6.45, 7) is 6.91. The van der Waals surface area contributed by atoms with Gasteiger partial charge in [0.15, 0.2) is 0 Å². The lowest BCUT2D eigenvalue weighted by Gasteiger charge is -2.33. The van der Waals surface area contributed by atoms with Crippen LogP contribution in [0, 0.1) is 0 Å². The van der Waals surface area contributed by atoms with Gasteiger partial charge in [-0.2, -0.15) is 4.31 Å². The first kappa shape index (κ1) is 15.0. The minimum absolute atomic E-state index is 0.167. The van der Waals surface area contributed by atoms with Crippen molar-refractivity contribution in [1.82, 2.24) is 9.21 Å². The van der Waals surface area contributed by atoms with E-state index in [9.17, 15) is 8.42 Å². The molecule has 1 fully saturated rings. The van der Waals surface area contributed by atoms with Gasteiger partial charge in [-0.3, -0.25) is 4.90 Å². The molecule has 1 aliphatic heterocycles. The second kappa shape index (κ2) is 6.37. The van der Waals surface area contributed by atoms with Gasteiger partial charge in [0.05, 0.1) is 5.75 Å².